The van der Waals surface area contributed by atoms with E-state index in [1.807, 2.05) is 6.07 Å². The van der Waals surface area contributed by atoms with E-state index in [-0.39, 0.29) is 17.9 Å². The number of rotatable bonds is 8. The number of esters is 1. The fourth-order valence-electron chi connectivity index (χ4n) is 2.62. The lowest BCUT2D eigenvalue weighted by molar-refractivity contribution is -0.146. The maximum atomic E-state index is 12.8. The molecule has 2 rings (SSSR count). The van der Waals surface area contributed by atoms with Gasteiger partial charge in [-0.1, -0.05) is 42.5 Å². The first-order chi connectivity index (χ1) is 15.0. The molecule has 0 heterocycles. The fourth-order valence-corrected chi connectivity index (χ4v) is 2.62. The molecule has 0 radical (unpaired) electrons. The average molecular weight is 442 g/mol. The number of para-hydroxylation sites is 1. The molecule has 0 aliphatic heterocycles. The number of alkyl carbamates (subject to hydrolysis) is 1. The van der Waals surface area contributed by atoms with Gasteiger partial charge in [-0.05, 0) is 38.5 Å². The molecule has 0 saturated heterocycles. The van der Waals surface area contributed by atoms with E-state index in [0.717, 1.165) is 5.56 Å². The number of hydrogen-bond acceptors (Lipinski definition) is 6. The van der Waals surface area contributed by atoms with Gasteiger partial charge in [-0.25, -0.2) is 9.59 Å². The predicted octanol–water partition coefficient (Wildman–Crippen LogP) is 3.35. The summed E-state index contributed by atoms with van der Waals surface area (Å²) in [5.41, 5.74) is -0.172. The molecule has 9 heteroatoms. The van der Waals surface area contributed by atoms with Crippen molar-refractivity contribution in [3.63, 3.8) is 0 Å². The first kappa shape index (κ1) is 24.4. The summed E-state index contributed by atoms with van der Waals surface area (Å²) < 4.78 is 10.4. The Balaban J connectivity index is 2.12. The number of benzene rings is 2. The molecule has 0 aromatic heterocycles. The lowest BCUT2D eigenvalue weighted by Gasteiger charge is -2.23. The van der Waals surface area contributed by atoms with E-state index < -0.39 is 42.0 Å². The van der Waals surface area contributed by atoms with Gasteiger partial charge >= 0.3 is 18.0 Å². The Morgan fingerprint density at radius 2 is 1.59 bits per heavy atom. The van der Waals surface area contributed by atoms with Crippen LogP contribution in [0.1, 0.15) is 43.1 Å². The number of amides is 2. The van der Waals surface area contributed by atoms with E-state index in [9.17, 15) is 24.3 Å². The lowest BCUT2D eigenvalue weighted by Crippen LogP contribution is -2.47. The highest BCUT2D eigenvalue weighted by Crippen LogP contribution is 2.16. The summed E-state index contributed by atoms with van der Waals surface area (Å²) in [6, 6.07) is 13.4. The second-order valence-corrected chi connectivity index (χ2v) is 7.89. The molecule has 2 amide bonds. The highest BCUT2D eigenvalue weighted by atomic mass is 16.6. The molecular weight excluding hydrogens is 416 g/mol. The molecule has 2 aromatic rings. The molecule has 32 heavy (non-hydrogen) atoms. The Bertz CT molecular complexity index is 968. The van der Waals surface area contributed by atoms with Gasteiger partial charge in [0.15, 0.2) is 0 Å². The fraction of sp³-hybridized carbons (Fsp3) is 0.304. The number of carbonyl (C=O) groups excluding carboxylic acids is 3. The molecular formula is C23H26N2O7. The zero-order valence-corrected chi connectivity index (χ0v) is 18.1. The van der Waals surface area contributed by atoms with Gasteiger partial charge in [-0.3, -0.25) is 9.59 Å². The Kier molecular flexibility index (Phi) is 8.34. The van der Waals surface area contributed by atoms with Crippen molar-refractivity contribution >= 4 is 29.6 Å². The van der Waals surface area contributed by atoms with Gasteiger partial charge in [0, 0.05) is 0 Å². The van der Waals surface area contributed by atoms with Gasteiger partial charge in [0.05, 0.1) is 17.7 Å². The van der Waals surface area contributed by atoms with Crippen LogP contribution in [0.3, 0.4) is 0 Å². The maximum Gasteiger partial charge on any atom is 0.408 e. The first-order valence-corrected chi connectivity index (χ1v) is 9.87. The normalized spacial score (nSPS) is 11.7. The minimum Gasteiger partial charge on any atom is -0.478 e. The van der Waals surface area contributed by atoms with E-state index in [0.29, 0.717) is 0 Å². The first-order valence-electron chi connectivity index (χ1n) is 9.87. The number of nitrogens with one attached hydrogen (secondary N) is 2. The van der Waals surface area contributed by atoms with Crippen LogP contribution in [-0.4, -0.2) is 40.7 Å². The van der Waals surface area contributed by atoms with Gasteiger partial charge < -0.3 is 25.2 Å². The second-order valence-electron chi connectivity index (χ2n) is 7.89. The maximum absolute atomic E-state index is 12.8. The standard InChI is InChI=1S/C23H26N2O7/c1-23(2,3)32-22(30)25-18(13-19(26)31-14-15-9-5-4-6-10-15)20(27)24-17-12-8-7-11-16(17)21(28)29/h4-12,18H,13-14H2,1-3H3,(H,24,27)(H,25,30)(H,28,29). The summed E-state index contributed by atoms with van der Waals surface area (Å²) in [5.74, 6) is -2.75. The topological polar surface area (TPSA) is 131 Å². The molecule has 0 spiro atoms. The Morgan fingerprint density at radius 1 is 0.969 bits per heavy atom. The predicted molar refractivity (Wildman–Crippen MR) is 116 cm³/mol. The second kappa shape index (κ2) is 10.9. The van der Waals surface area contributed by atoms with Crippen molar-refractivity contribution in [2.45, 2.75) is 45.4 Å². The van der Waals surface area contributed by atoms with Gasteiger partial charge in [-0.2, -0.15) is 0 Å². The zero-order valence-electron chi connectivity index (χ0n) is 18.1. The number of ether oxygens (including phenoxy) is 2. The van der Waals surface area contributed by atoms with Crippen LogP contribution in [0.2, 0.25) is 0 Å². The van der Waals surface area contributed by atoms with Crippen LogP contribution in [0.4, 0.5) is 10.5 Å². The Labute approximate surface area is 185 Å². The monoisotopic (exact) mass is 442 g/mol. The third-order valence-corrected chi connectivity index (χ3v) is 4.04. The number of carboxylic acid groups (broad SMARTS) is 1. The van der Waals surface area contributed by atoms with E-state index in [1.54, 1.807) is 51.1 Å². The Hall–Kier alpha value is -3.88. The van der Waals surface area contributed by atoms with Gasteiger partial charge in [0.1, 0.15) is 18.2 Å². The van der Waals surface area contributed by atoms with Crippen LogP contribution in [0.15, 0.2) is 54.6 Å². The van der Waals surface area contributed by atoms with Crippen LogP contribution in [-0.2, 0) is 25.7 Å². The number of carboxylic acids is 1. The summed E-state index contributed by atoms with van der Waals surface area (Å²) in [5, 5.41) is 14.1. The van der Waals surface area contributed by atoms with Crippen molar-refractivity contribution in [2.75, 3.05) is 5.32 Å². The largest absolute Gasteiger partial charge is 0.478 e. The number of hydrogen-bond donors (Lipinski definition) is 3. The molecule has 0 bridgehead atoms. The van der Waals surface area contributed by atoms with Crippen molar-refractivity contribution in [1.29, 1.82) is 0 Å². The van der Waals surface area contributed by atoms with Crippen molar-refractivity contribution in [2.24, 2.45) is 0 Å². The summed E-state index contributed by atoms with van der Waals surface area (Å²) >= 11 is 0. The van der Waals surface area contributed by atoms with E-state index in [1.165, 1.54) is 18.2 Å². The zero-order chi connectivity index (χ0) is 23.7. The van der Waals surface area contributed by atoms with Crippen LogP contribution in [0, 0.1) is 0 Å². The molecule has 1 atom stereocenters. The molecule has 0 aliphatic rings. The van der Waals surface area contributed by atoms with Crippen molar-refractivity contribution in [3.8, 4) is 0 Å². The van der Waals surface area contributed by atoms with Crippen LogP contribution < -0.4 is 10.6 Å². The molecule has 0 aliphatic carbocycles. The number of aromatic carboxylic acids is 1. The molecule has 9 nitrogen and oxygen atoms in total. The smallest absolute Gasteiger partial charge is 0.408 e. The molecule has 170 valence electrons. The van der Waals surface area contributed by atoms with Crippen molar-refractivity contribution < 1.29 is 33.8 Å². The molecule has 1 unspecified atom stereocenters. The van der Waals surface area contributed by atoms with Crippen LogP contribution >= 0.6 is 0 Å². The third kappa shape index (κ3) is 8.10. The van der Waals surface area contributed by atoms with E-state index in [2.05, 4.69) is 10.6 Å². The number of anilines is 1. The summed E-state index contributed by atoms with van der Waals surface area (Å²) in [4.78, 5) is 48.7. The molecule has 3 N–H and O–H groups in total. The van der Waals surface area contributed by atoms with Crippen LogP contribution in [0.25, 0.3) is 0 Å². The van der Waals surface area contributed by atoms with Crippen LogP contribution in [0.5, 0.6) is 0 Å². The Morgan fingerprint density at radius 3 is 2.22 bits per heavy atom. The van der Waals surface area contributed by atoms with E-state index in [4.69, 9.17) is 9.47 Å². The summed E-state index contributed by atoms with van der Waals surface area (Å²) in [6.45, 7) is 4.96. The quantitative estimate of drug-likeness (QED) is 0.534. The number of carbonyl (C=O) groups is 4. The van der Waals surface area contributed by atoms with Gasteiger partial charge in [0.25, 0.3) is 0 Å². The molecule has 0 fully saturated rings. The molecule has 0 saturated carbocycles. The van der Waals surface area contributed by atoms with Gasteiger partial charge in [-0.15, -0.1) is 0 Å². The third-order valence-electron chi connectivity index (χ3n) is 4.04. The molecule has 2 aromatic carbocycles. The van der Waals surface area contributed by atoms with Crippen molar-refractivity contribution in [3.05, 3.63) is 65.7 Å². The average Bonchev–Trinajstić information content (AvgIpc) is 2.71. The highest BCUT2D eigenvalue weighted by molar-refractivity contribution is 6.03. The van der Waals surface area contributed by atoms with E-state index >= 15 is 0 Å². The summed E-state index contributed by atoms with van der Waals surface area (Å²) in [6.07, 6.45) is -1.38. The minimum absolute atomic E-state index is 0.00228. The van der Waals surface area contributed by atoms with Crippen molar-refractivity contribution in [1.82, 2.24) is 5.32 Å². The minimum atomic E-state index is -1.35. The van der Waals surface area contributed by atoms with Gasteiger partial charge in [0.2, 0.25) is 5.91 Å². The highest BCUT2D eigenvalue weighted by Gasteiger charge is 2.28. The lowest BCUT2D eigenvalue weighted by atomic mass is 10.1. The summed E-state index contributed by atoms with van der Waals surface area (Å²) in [7, 11) is 0. The SMILES string of the molecule is CC(C)(C)OC(=O)NC(CC(=O)OCc1ccccc1)C(=O)Nc1ccccc1C(=O)O.